The van der Waals surface area contributed by atoms with Gasteiger partial charge in [-0.25, -0.2) is 13.2 Å². The topological polar surface area (TPSA) is 26.0 Å². The van der Waals surface area contributed by atoms with E-state index in [4.69, 9.17) is 17.3 Å². The molecular weight excluding hydrogens is 275 g/mol. The summed E-state index contributed by atoms with van der Waals surface area (Å²) >= 11 is 5.64. The van der Waals surface area contributed by atoms with E-state index in [0.717, 1.165) is 6.07 Å². The van der Waals surface area contributed by atoms with Crippen LogP contribution in [0, 0.1) is 24.4 Å². The number of benzene rings is 2. The van der Waals surface area contributed by atoms with Crippen molar-refractivity contribution in [1.82, 2.24) is 0 Å². The summed E-state index contributed by atoms with van der Waals surface area (Å²) < 4.78 is 41.5. The minimum absolute atomic E-state index is 0.0455. The van der Waals surface area contributed by atoms with Crippen LogP contribution in [0.2, 0.25) is 5.02 Å². The largest absolute Gasteiger partial charge is 0.320 e. The van der Waals surface area contributed by atoms with E-state index < -0.39 is 23.5 Å². The van der Waals surface area contributed by atoms with Gasteiger partial charge in [0.15, 0.2) is 0 Å². The van der Waals surface area contributed by atoms with Crippen LogP contribution in [-0.2, 0) is 0 Å². The molecule has 0 amide bonds. The summed E-state index contributed by atoms with van der Waals surface area (Å²) in [6.07, 6.45) is 0. The number of nitrogens with two attached hydrogens (primary N) is 1. The first-order valence-electron chi connectivity index (χ1n) is 5.57. The Hall–Kier alpha value is -1.52. The van der Waals surface area contributed by atoms with E-state index in [-0.39, 0.29) is 21.7 Å². The molecule has 0 aliphatic carbocycles. The summed E-state index contributed by atoms with van der Waals surface area (Å²) in [6.45, 7) is 1.49. The van der Waals surface area contributed by atoms with Gasteiger partial charge in [-0.2, -0.15) is 0 Å². The number of hydrogen-bond donors (Lipinski definition) is 1. The average Bonchev–Trinajstić information content (AvgIpc) is 2.37. The highest BCUT2D eigenvalue weighted by atomic mass is 35.5. The predicted octanol–water partition coefficient (Wildman–Crippen LogP) is 4.11. The van der Waals surface area contributed by atoms with Crippen molar-refractivity contribution < 1.29 is 13.2 Å². The zero-order valence-electron chi connectivity index (χ0n) is 10.1. The molecule has 1 unspecified atom stereocenters. The smallest absolute Gasteiger partial charge is 0.146 e. The summed E-state index contributed by atoms with van der Waals surface area (Å²) in [6, 6.07) is 5.33. The van der Waals surface area contributed by atoms with Crippen LogP contribution in [0.15, 0.2) is 30.3 Å². The summed E-state index contributed by atoms with van der Waals surface area (Å²) in [5.41, 5.74) is 5.62. The maximum atomic E-state index is 14.0. The molecule has 0 fully saturated rings. The fourth-order valence-corrected chi connectivity index (χ4v) is 2.06. The third kappa shape index (κ3) is 2.46. The Kier molecular flexibility index (Phi) is 3.83. The van der Waals surface area contributed by atoms with Gasteiger partial charge in [-0.3, -0.25) is 0 Å². The molecule has 1 atom stereocenters. The van der Waals surface area contributed by atoms with E-state index in [1.165, 1.54) is 31.2 Å². The standard InChI is InChI=1S/C14H11ClF3N/c1-7-5-6-10(16)11(12(7)17)14(19)8-3-2-4-9(15)13(8)18/h2-6,14H,19H2,1H3. The third-order valence-corrected chi connectivity index (χ3v) is 3.24. The highest BCUT2D eigenvalue weighted by Gasteiger charge is 2.23. The van der Waals surface area contributed by atoms with Gasteiger partial charge in [0.05, 0.1) is 11.1 Å². The van der Waals surface area contributed by atoms with Crippen molar-refractivity contribution in [2.45, 2.75) is 13.0 Å². The summed E-state index contributed by atoms with van der Waals surface area (Å²) in [4.78, 5) is 0. The van der Waals surface area contributed by atoms with Crippen molar-refractivity contribution in [2.75, 3.05) is 0 Å². The van der Waals surface area contributed by atoms with Crippen LogP contribution in [0.4, 0.5) is 13.2 Å². The van der Waals surface area contributed by atoms with Crippen molar-refractivity contribution in [3.8, 4) is 0 Å². The summed E-state index contributed by atoms with van der Waals surface area (Å²) in [5, 5.41) is -0.138. The fourth-order valence-electron chi connectivity index (χ4n) is 1.88. The maximum Gasteiger partial charge on any atom is 0.146 e. The Bertz CT molecular complexity index is 628. The van der Waals surface area contributed by atoms with E-state index in [0.29, 0.717) is 0 Å². The number of aryl methyl sites for hydroxylation is 1. The second-order valence-electron chi connectivity index (χ2n) is 4.21. The van der Waals surface area contributed by atoms with Crippen LogP contribution >= 0.6 is 11.6 Å². The van der Waals surface area contributed by atoms with Crippen LogP contribution in [0.25, 0.3) is 0 Å². The van der Waals surface area contributed by atoms with Gasteiger partial charge in [-0.1, -0.05) is 29.8 Å². The van der Waals surface area contributed by atoms with Gasteiger partial charge < -0.3 is 5.73 Å². The molecule has 0 aromatic heterocycles. The molecule has 100 valence electrons. The molecular formula is C14H11ClF3N. The van der Waals surface area contributed by atoms with Crippen LogP contribution in [0.5, 0.6) is 0 Å². The lowest BCUT2D eigenvalue weighted by Gasteiger charge is -2.16. The van der Waals surface area contributed by atoms with E-state index in [9.17, 15) is 13.2 Å². The molecule has 0 spiro atoms. The van der Waals surface area contributed by atoms with Crippen molar-refractivity contribution in [1.29, 1.82) is 0 Å². The molecule has 0 heterocycles. The van der Waals surface area contributed by atoms with Crippen molar-refractivity contribution >= 4 is 11.6 Å². The van der Waals surface area contributed by atoms with Crippen LogP contribution in [0.3, 0.4) is 0 Å². The van der Waals surface area contributed by atoms with Gasteiger partial charge in [-0.15, -0.1) is 0 Å². The van der Waals surface area contributed by atoms with Crippen LogP contribution < -0.4 is 5.73 Å². The van der Waals surface area contributed by atoms with E-state index in [2.05, 4.69) is 0 Å². The van der Waals surface area contributed by atoms with Crippen molar-refractivity contribution in [2.24, 2.45) is 5.73 Å². The molecule has 19 heavy (non-hydrogen) atoms. The van der Waals surface area contributed by atoms with Gasteiger partial charge in [0.1, 0.15) is 17.5 Å². The first-order valence-corrected chi connectivity index (χ1v) is 5.95. The lowest BCUT2D eigenvalue weighted by molar-refractivity contribution is 0.528. The zero-order chi connectivity index (χ0) is 14.2. The molecule has 0 bridgehead atoms. The quantitative estimate of drug-likeness (QED) is 0.883. The molecule has 1 nitrogen and oxygen atoms in total. The molecule has 0 saturated carbocycles. The lowest BCUT2D eigenvalue weighted by Crippen LogP contribution is -2.18. The molecule has 2 N–H and O–H groups in total. The fraction of sp³-hybridized carbons (Fsp3) is 0.143. The van der Waals surface area contributed by atoms with Crippen molar-refractivity contribution in [3.05, 3.63) is 69.5 Å². The van der Waals surface area contributed by atoms with E-state index in [1.807, 2.05) is 0 Å². The van der Waals surface area contributed by atoms with Gasteiger partial charge in [0.2, 0.25) is 0 Å². The monoisotopic (exact) mass is 285 g/mol. The Morgan fingerprint density at radius 1 is 1.05 bits per heavy atom. The van der Waals surface area contributed by atoms with Gasteiger partial charge in [-0.05, 0) is 24.6 Å². The van der Waals surface area contributed by atoms with Gasteiger partial charge in [0, 0.05) is 11.1 Å². The molecule has 0 aliphatic rings. The van der Waals surface area contributed by atoms with Gasteiger partial charge >= 0.3 is 0 Å². The highest BCUT2D eigenvalue weighted by molar-refractivity contribution is 6.30. The van der Waals surface area contributed by atoms with Crippen molar-refractivity contribution in [3.63, 3.8) is 0 Å². The molecule has 2 rings (SSSR count). The minimum atomic E-state index is -1.25. The van der Waals surface area contributed by atoms with E-state index >= 15 is 0 Å². The molecule has 0 radical (unpaired) electrons. The SMILES string of the molecule is Cc1ccc(F)c(C(N)c2cccc(Cl)c2F)c1F. The molecule has 2 aromatic carbocycles. The Morgan fingerprint density at radius 3 is 2.42 bits per heavy atom. The first kappa shape index (κ1) is 13.9. The van der Waals surface area contributed by atoms with E-state index in [1.54, 1.807) is 0 Å². The summed E-state index contributed by atoms with van der Waals surface area (Å²) in [7, 11) is 0. The van der Waals surface area contributed by atoms with Crippen LogP contribution in [0.1, 0.15) is 22.7 Å². The molecule has 0 saturated heterocycles. The minimum Gasteiger partial charge on any atom is -0.320 e. The first-order chi connectivity index (χ1) is 8.93. The maximum absolute atomic E-state index is 14.0. The molecule has 2 aromatic rings. The number of rotatable bonds is 2. The molecule has 0 aliphatic heterocycles. The second-order valence-corrected chi connectivity index (χ2v) is 4.62. The lowest BCUT2D eigenvalue weighted by atomic mass is 9.96. The Labute approximate surface area is 113 Å². The van der Waals surface area contributed by atoms with Gasteiger partial charge in [0.25, 0.3) is 0 Å². The Balaban J connectivity index is 2.59. The number of halogens is 4. The third-order valence-electron chi connectivity index (χ3n) is 2.95. The summed E-state index contributed by atoms with van der Waals surface area (Å²) in [5.74, 6) is -2.35. The predicted molar refractivity (Wildman–Crippen MR) is 68.5 cm³/mol. The zero-order valence-corrected chi connectivity index (χ0v) is 10.8. The highest BCUT2D eigenvalue weighted by Crippen LogP contribution is 2.30. The van der Waals surface area contributed by atoms with Crippen LogP contribution in [-0.4, -0.2) is 0 Å². The Morgan fingerprint density at radius 2 is 1.74 bits per heavy atom. The average molecular weight is 286 g/mol. The normalized spacial score (nSPS) is 12.5. The number of hydrogen-bond acceptors (Lipinski definition) is 1. The second kappa shape index (κ2) is 5.23. The molecule has 5 heteroatoms.